The summed E-state index contributed by atoms with van der Waals surface area (Å²) in [6.45, 7) is 0.524. The van der Waals surface area contributed by atoms with Gasteiger partial charge in [-0.25, -0.2) is 4.98 Å². The predicted molar refractivity (Wildman–Crippen MR) is 80.8 cm³/mol. The maximum absolute atomic E-state index is 11.8. The number of primary amides is 1. The average molecular weight is 304 g/mol. The van der Waals surface area contributed by atoms with E-state index >= 15 is 0 Å². The van der Waals surface area contributed by atoms with Gasteiger partial charge < -0.3 is 16.4 Å². The number of benzene rings is 1. The Morgan fingerprint density at radius 2 is 2.00 bits per heavy atom. The summed E-state index contributed by atoms with van der Waals surface area (Å²) < 4.78 is 0. The quantitative estimate of drug-likeness (QED) is 0.810. The number of amides is 1. The highest BCUT2D eigenvalue weighted by Gasteiger charge is 2.31. The van der Waals surface area contributed by atoms with Gasteiger partial charge in [0.1, 0.15) is 17.0 Å². The molecule has 3 rings (SSSR count). The van der Waals surface area contributed by atoms with Crippen molar-refractivity contribution in [1.29, 1.82) is 0 Å². The van der Waals surface area contributed by atoms with Gasteiger partial charge in [0, 0.05) is 19.0 Å². The molecule has 108 valence electrons. The van der Waals surface area contributed by atoms with Crippen molar-refractivity contribution in [3.05, 3.63) is 46.6 Å². The molecule has 0 spiro atoms. The van der Waals surface area contributed by atoms with Crippen LogP contribution >= 0.6 is 11.6 Å². The third-order valence-electron chi connectivity index (χ3n) is 3.57. The monoisotopic (exact) mass is 303 g/mol. The molecule has 21 heavy (non-hydrogen) atoms. The third-order valence-corrected chi connectivity index (χ3v) is 3.76. The molecule has 2 aromatic rings. The van der Waals surface area contributed by atoms with Gasteiger partial charge in [0.05, 0.1) is 0 Å². The molecule has 1 aromatic heterocycles. The lowest BCUT2D eigenvalue weighted by atomic mass is 9.93. The zero-order chi connectivity index (χ0) is 15.0. The molecule has 0 unspecified atom stereocenters. The molecular weight excluding hydrogens is 290 g/mol. The van der Waals surface area contributed by atoms with E-state index in [0.717, 1.165) is 11.1 Å². The largest absolute Gasteiger partial charge is 0.368 e. The Morgan fingerprint density at radius 3 is 2.67 bits per heavy atom. The number of nitrogen functional groups attached to an aromatic ring is 1. The van der Waals surface area contributed by atoms with Gasteiger partial charge in [-0.05, 0) is 11.1 Å². The number of fused-ring (bicyclic) bond motifs is 1. The Labute approximate surface area is 126 Å². The molecule has 0 saturated carbocycles. The van der Waals surface area contributed by atoms with E-state index in [1.54, 1.807) is 6.07 Å². The number of nitrogens with two attached hydrogens (primary N) is 2. The number of hydrogen-bond acceptors (Lipinski definition) is 5. The molecule has 1 atom stereocenters. The first-order chi connectivity index (χ1) is 10.0. The fourth-order valence-electron chi connectivity index (χ4n) is 2.59. The second-order valence-corrected chi connectivity index (χ2v) is 5.31. The van der Waals surface area contributed by atoms with Crippen LogP contribution in [0.1, 0.15) is 11.1 Å². The molecule has 2 heterocycles. The summed E-state index contributed by atoms with van der Waals surface area (Å²) in [4.78, 5) is 21.6. The minimum absolute atomic E-state index is 0.0691. The third kappa shape index (κ3) is 2.62. The molecular formula is C14H14ClN5O. The van der Waals surface area contributed by atoms with Crippen LogP contribution < -0.4 is 16.4 Å². The van der Waals surface area contributed by atoms with E-state index in [9.17, 15) is 4.79 Å². The topological polar surface area (TPSA) is 98.1 Å². The molecule has 1 aromatic carbocycles. The molecule has 0 radical (unpaired) electrons. The van der Waals surface area contributed by atoms with E-state index < -0.39 is 11.9 Å². The summed E-state index contributed by atoms with van der Waals surface area (Å²) in [6.07, 6.45) is 0.535. The van der Waals surface area contributed by atoms with Crippen LogP contribution in [0.3, 0.4) is 0 Å². The van der Waals surface area contributed by atoms with Crippen LogP contribution in [0, 0.1) is 0 Å². The number of hydrogen-bond donors (Lipinski definition) is 2. The summed E-state index contributed by atoms with van der Waals surface area (Å²) in [7, 11) is 0. The molecule has 0 fully saturated rings. The Hall–Kier alpha value is -2.34. The molecule has 0 saturated heterocycles. The van der Waals surface area contributed by atoms with Gasteiger partial charge in [0.15, 0.2) is 0 Å². The van der Waals surface area contributed by atoms with Crippen molar-refractivity contribution in [3.63, 3.8) is 0 Å². The molecule has 1 aliphatic heterocycles. The Morgan fingerprint density at radius 1 is 1.29 bits per heavy atom. The van der Waals surface area contributed by atoms with Gasteiger partial charge in [-0.2, -0.15) is 4.98 Å². The summed E-state index contributed by atoms with van der Waals surface area (Å²) >= 11 is 5.92. The zero-order valence-electron chi connectivity index (χ0n) is 11.2. The summed E-state index contributed by atoms with van der Waals surface area (Å²) in [6, 6.07) is 9.04. The first kappa shape index (κ1) is 13.6. The predicted octanol–water partition coefficient (Wildman–Crippen LogP) is 1.13. The normalized spacial score (nSPS) is 17.4. The molecule has 6 nitrogen and oxygen atoms in total. The Bertz CT molecular complexity index is 685. The lowest BCUT2D eigenvalue weighted by Crippen LogP contribution is -2.49. The molecule has 1 amide bonds. The summed E-state index contributed by atoms with van der Waals surface area (Å²) in [5, 5.41) is 0.236. The van der Waals surface area contributed by atoms with Crippen LogP contribution in [-0.4, -0.2) is 21.9 Å². The number of anilines is 2. The molecule has 0 bridgehead atoms. The van der Waals surface area contributed by atoms with Gasteiger partial charge in [0.2, 0.25) is 11.9 Å². The Balaban J connectivity index is 2.05. The van der Waals surface area contributed by atoms with Crippen LogP contribution in [0.5, 0.6) is 0 Å². The number of carbonyl (C=O) groups is 1. The molecule has 0 aliphatic carbocycles. The van der Waals surface area contributed by atoms with Crippen molar-refractivity contribution in [3.8, 4) is 0 Å². The molecule has 1 aliphatic rings. The van der Waals surface area contributed by atoms with E-state index in [2.05, 4.69) is 9.97 Å². The average Bonchev–Trinajstić information content (AvgIpc) is 2.44. The number of aromatic nitrogens is 2. The second-order valence-electron chi connectivity index (χ2n) is 4.93. The van der Waals surface area contributed by atoms with E-state index in [-0.39, 0.29) is 11.1 Å². The summed E-state index contributed by atoms with van der Waals surface area (Å²) in [5.74, 6) is 0.170. The van der Waals surface area contributed by atoms with Crippen molar-refractivity contribution < 1.29 is 4.79 Å². The van der Waals surface area contributed by atoms with Gasteiger partial charge in [-0.15, -0.1) is 0 Å². The van der Waals surface area contributed by atoms with Gasteiger partial charge in [-0.3, -0.25) is 4.79 Å². The summed E-state index contributed by atoms with van der Waals surface area (Å²) in [5.41, 5.74) is 13.4. The lowest BCUT2D eigenvalue weighted by Gasteiger charge is -2.36. The van der Waals surface area contributed by atoms with Gasteiger partial charge in [-0.1, -0.05) is 35.9 Å². The second kappa shape index (κ2) is 5.21. The van der Waals surface area contributed by atoms with Crippen LogP contribution in [0.25, 0.3) is 0 Å². The van der Waals surface area contributed by atoms with Crippen LogP contribution in [0.2, 0.25) is 5.15 Å². The van der Waals surface area contributed by atoms with Crippen molar-refractivity contribution >= 4 is 29.3 Å². The molecule has 7 heteroatoms. The minimum Gasteiger partial charge on any atom is -0.368 e. The molecule has 4 N–H and O–H groups in total. The fourth-order valence-corrected chi connectivity index (χ4v) is 2.77. The smallest absolute Gasteiger partial charge is 0.240 e. The number of carbonyl (C=O) groups excluding carboxylic acids is 1. The lowest BCUT2D eigenvalue weighted by molar-refractivity contribution is -0.119. The van der Waals surface area contributed by atoms with E-state index in [0.29, 0.717) is 18.8 Å². The van der Waals surface area contributed by atoms with E-state index in [1.165, 1.54) is 0 Å². The number of nitrogens with zero attached hydrogens (tertiary/aromatic N) is 3. The SMILES string of the molecule is NC(=O)[C@H]1Cc2ccccc2CN1c1cc(Cl)nc(N)n1. The van der Waals surface area contributed by atoms with Crippen molar-refractivity contribution in [1.82, 2.24) is 9.97 Å². The van der Waals surface area contributed by atoms with Crippen LogP contribution in [-0.2, 0) is 17.8 Å². The number of halogens is 1. The van der Waals surface area contributed by atoms with Crippen molar-refractivity contribution in [2.75, 3.05) is 10.6 Å². The van der Waals surface area contributed by atoms with E-state index in [1.807, 2.05) is 29.2 Å². The maximum Gasteiger partial charge on any atom is 0.240 e. The van der Waals surface area contributed by atoms with Gasteiger partial charge >= 0.3 is 0 Å². The van der Waals surface area contributed by atoms with Gasteiger partial charge in [0.25, 0.3) is 0 Å². The van der Waals surface area contributed by atoms with Crippen LogP contribution in [0.4, 0.5) is 11.8 Å². The van der Waals surface area contributed by atoms with Crippen molar-refractivity contribution in [2.45, 2.75) is 19.0 Å². The fraction of sp³-hybridized carbons (Fsp3) is 0.214. The first-order valence-corrected chi connectivity index (χ1v) is 6.85. The highest BCUT2D eigenvalue weighted by molar-refractivity contribution is 6.29. The first-order valence-electron chi connectivity index (χ1n) is 6.47. The van der Waals surface area contributed by atoms with Crippen LogP contribution in [0.15, 0.2) is 30.3 Å². The highest BCUT2D eigenvalue weighted by atomic mass is 35.5. The standard InChI is InChI=1S/C14H14ClN5O/c15-11-6-12(19-14(17)18-11)20-7-9-4-2-1-3-8(9)5-10(20)13(16)21/h1-4,6,10H,5,7H2,(H2,16,21)(H2,17,18,19)/t10-/m1/s1. The maximum atomic E-state index is 11.8. The van der Waals surface area contributed by atoms with Crippen molar-refractivity contribution in [2.24, 2.45) is 5.73 Å². The number of rotatable bonds is 2. The Kier molecular flexibility index (Phi) is 3.39. The van der Waals surface area contributed by atoms with E-state index in [4.69, 9.17) is 23.1 Å². The zero-order valence-corrected chi connectivity index (χ0v) is 11.9. The highest BCUT2D eigenvalue weighted by Crippen LogP contribution is 2.28. The minimum atomic E-state index is -0.481.